The van der Waals surface area contributed by atoms with Gasteiger partial charge in [0.05, 0.1) is 5.56 Å². The first-order valence-corrected chi connectivity index (χ1v) is 7.62. The number of benzene rings is 2. The fourth-order valence-corrected chi connectivity index (χ4v) is 2.55. The number of rotatable bonds is 3. The predicted molar refractivity (Wildman–Crippen MR) is 89.8 cm³/mol. The molecule has 8 heteroatoms. The summed E-state index contributed by atoms with van der Waals surface area (Å²) in [5, 5.41) is 6.87. The average molecular weight is 356 g/mol. The fourth-order valence-electron chi connectivity index (χ4n) is 2.55. The molecule has 0 radical (unpaired) electrons. The standard InChI is InChI=1S/C18H11F3N4O/c19-18(20,21)12-7-4-8-13(9-12)24-17-16-15(22-10-23-17)14(25-26-16)11-5-2-1-3-6-11/h1-10H,(H,22,23,24). The zero-order valence-electron chi connectivity index (χ0n) is 13.2. The van der Waals surface area contributed by atoms with Crippen LogP contribution in [-0.2, 0) is 6.18 Å². The number of alkyl halides is 3. The van der Waals surface area contributed by atoms with Crippen LogP contribution in [-0.4, -0.2) is 15.1 Å². The van der Waals surface area contributed by atoms with Crippen LogP contribution in [0.4, 0.5) is 24.7 Å². The van der Waals surface area contributed by atoms with Gasteiger partial charge < -0.3 is 9.84 Å². The number of halogens is 3. The Kier molecular flexibility index (Phi) is 3.80. The molecule has 2 aromatic carbocycles. The minimum Gasteiger partial charge on any atom is -0.350 e. The van der Waals surface area contributed by atoms with Crippen LogP contribution in [0.1, 0.15) is 5.56 Å². The highest BCUT2D eigenvalue weighted by Crippen LogP contribution is 2.33. The first kappa shape index (κ1) is 16.1. The van der Waals surface area contributed by atoms with Crippen molar-refractivity contribution < 1.29 is 17.7 Å². The van der Waals surface area contributed by atoms with E-state index in [-0.39, 0.29) is 17.1 Å². The maximum atomic E-state index is 12.9. The number of anilines is 2. The molecule has 0 fully saturated rings. The average Bonchev–Trinajstić information content (AvgIpc) is 3.07. The molecule has 1 N–H and O–H groups in total. The fraction of sp³-hybridized carbons (Fsp3) is 0.0556. The van der Waals surface area contributed by atoms with Gasteiger partial charge in [0.25, 0.3) is 0 Å². The summed E-state index contributed by atoms with van der Waals surface area (Å²) in [5.41, 5.74) is 1.57. The third-order valence-electron chi connectivity index (χ3n) is 3.76. The van der Waals surface area contributed by atoms with Gasteiger partial charge in [-0.05, 0) is 18.2 Å². The van der Waals surface area contributed by atoms with Crippen molar-refractivity contribution >= 4 is 22.6 Å². The van der Waals surface area contributed by atoms with Crippen molar-refractivity contribution in [3.8, 4) is 11.3 Å². The number of hydrogen-bond acceptors (Lipinski definition) is 5. The molecule has 0 aliphatic heterocycles. The Hall–Kier alpha value is -3.42. The van der Waals surface area contributed by atoms with Gasteiger partial charge in [0.15, 0.2) is 5.82 Å². The summed E-state index contributed by atoms with van der Waals surface area (Å²) in [7, 11) is 0. The second kappa shape index (κ2) is 6.14. The molecular formula is C18H11F3N4O. The predicted octanol–water partition coefficient (Wildman–Crippen LogP) is 5.05. The SMILES string of the molecule is FC(F)(F)c1cccc(Nc2ncnc3c(-c4ccccc4)noc23)c1. The number of hydrogen-bond donors (Lipinski definition) is 1. The van der Waals surface area contributed by atoms with E-state index in [0.29, 0.717) is 11.2 Å². The van der Waals surface area contributed by atoms with Crippen molar-refractivity contribution in [2.75, 3.05) is 5.32 Å². The molecule has 0 atom stereocenters. The van der Waals surface area contributed by atoms with Gasteiger partial charge in [-0.15, -0.1) is 0 Å². The summed E-state index contributed by atoms with van der Waals surface area (Å²) in [4.78, 5) is 8.25. The van der Waals surface area contributed by atoms with Crippen LogP contribution in [0, 0.1) is 0 Å². The number of fused-ring (bicyclic) bond motifs is 1. The molecule has 0 saturated heterocycles. The zero-order chi connectivity index (χ0) is 18.1. The van der Waals surface area contributed by atoms with Crippen molar-refractivity contribution in [3.63, 3.8) is 0 Å². The van der Waals surface area contributed by atoms with Gasteiger partial charge in [-0.1, -0.05) is 41.6 Å². The molecule has 0 bridgehead atoms. The first-order chi connectivity index (χ1) is 12.5. The highest BCUT2D eigenvalue weighted by Gasteiger charge is 2.30. The van der Waals surface area contributed by atoms with Gasteiger partial charge in [-0.3, -0.25) is 0 Å². The molecule has 0 unspecified atom stereocenters. The van der Waals surface area contributed by atoms with E-state index in [9.17, 15) is 13.2 Å². The summed E-state index contributed by atoms with van der Waals surface area (Å²) >= 11 is 0. The summed E-state index contributed by atoms with van der Waals surface area (Å²) in [6.45, 7) is 0. The number of aromatic nitrogens is 3. The molecule has 2 aromatic heterocycles. The Morgan fingerprint density at radius 1 is 0.923 bits per heavy atom. The normalized spacial score (nSPS) is 11.7. The lowest BCUT2D eigenvalue weighted by atomic mass is 10.1. The molecule has 0 aliphatic carbocycles. The monoisotopic (exact) mass is 356 g/mol. The van der Waals surface area contributed by atoms with E-state index >= 15 is 0 Å². The highest BCUT2D eigenvalue weighted by atomic mass is 19.4. The van der Waals surface area contributed by atoms with Crippen molar-refractivity contribution in [1.29, 1.82) is 0 Å². The van der Waals surface area contributed by atoms with E-state index in [0.717, 1.165) is 17.7 Å². The van der Waals surface area contributed by atoms with E-state index in [1.54, 1.807) is 0 Å². The third-order valence-corrected chi connectivity index (χ3v) is 3.76. The van der Waals surface area contributed by atoms with Crippen LogP contribution in [0.15, 0.2) is 65.4 Å². The Morgan fingerprint density at radius 3 is 2.50 bits per heavy atom. The highest BCUT2D eigenvalue weighted by molar-refractivity contribution is 5.94. The molecular weight excluding hydrogens is 345 g/mol. The van der Waals surface area contributed by atoms with E-state index in [4.69, 9.17) is 4.52 Å². The second-order valence-corrected chi connectivity index (χ2v) is 5.50. The van der Waals surface area contributed by atoms with Crippen LogP contribution in [0.3, 0.4) is 0 Å². The third kappa shape index (κ3) is 2.97. The topological polar surface area (TPSA) is 63.8 Å². The van der Waals surface area contributed by atoms with Crippen LogP contribution in [0.25, 0.3) is 22.4 Å². The van der Waals surface area contributed by atoms with E-state index < -0.39 is 11.7 Å². The van der Waals surface area contributed by atoms with Crippen LogP contribution < -0.4 is 5.32 Å². The van der Waals surface area contributed by atoms with Gasteiger partial charge in [0.1, 0.15) is 17.5 Å². The van der Waals surface area contributed by atoms with Crippen LogP contribution in [0.5, 0.6) is 0 Å². The Morgan fingerprint density at radius 2 is 1.73 bits per heavy atom. The molecule has 26 heavy (non-hydrogen) atoms. The van der Waals surface area contributed by atoms with Crippen molar-refractivity contribution in [1.82, 2.24) is 15.1 Å². The molecule has 0 spiro atoms. The maximum Gasteiger partial charge on any atom is 0.416 e. The minimum atomic E-state index is -4.43. The van der Waals surface area contributed by atoms with Crippen LogP contribution in [0.2, 0.25) is 0 Å². The van der Waals surface area contributed by atoms with Gasteiger partial charge in [0, 0.05) is 11.3 Å². The van der Waals surface area contributed by atoms with Crippen LogP contribution >= 0.6 is 0 Å². The van der Waals surface area contributed by atoms with E-state index in [1.165, 1.54) is 18.5 Å². The summed E-state index contributed by atoms with van der Waals surface area (Å²) < 4.78 is 44.0. The van der Waals surface area contributed by atoms with Gasteiger partial charge in [-0.25, -0.2) is 9.97 Å². The zero-order valence-corrected chi connectivity index (χ0v) is 13.2. The number of nitrogens with one attached hydrogen (secondary N) is 1. The first-order valence-electron chi connectivity index (χ1n) is 7.62. The molecule has 130 valence electrons. The summed E-state index contributed by atoms with van der Waals surface area (Å²) in [5.74, 6) is 0.240. The van der Waals surface area contributed by atoms with Gasteiger partial charge in [0.2, 0.25) is 5.58 Å². The Bertz CT molecular complexity index is 1060. The number of nitrogens with zero attached hydrogens (tertiary/aromatic N) is 3. The van der Waals surface area contributed by atoms with Crippen molar-refractivity contribution in [3.05, 3.63) is 66.5 Å². The minimum absolute atomic E-state index is 0.234. The summed E-state index contributed by atoms with van der Waals surface area (Å²) in [6, 6.07) is 14.2. The van der Waals surface area contributed by atoms with Crippen molar-refractivity contribution in [2.45, 2.75) is 6.18 Å². The lowest BCUT2D eigenvalue weighted by Gasteiger charge is -2.09. The summed E-state index contributed by atoms with van der Waals surface area (Å²) in [6.07, 6.45) is -3.12. The Labute approximate surface area is 145 Å². The maximum absolute atomic E-state index is 12.9. The molecule has 0 amide bonds. The quantitative estimate of drug-likeness (QED) is 0.557. The van der Waals surface area contributed by atoms with Crippen molar-refractivity contribution in [2.24, 2.45) is 0 Å². The molecule has 2 heterocycles. The Balaban J connectivity index is 1.74. The molecule has 5 nitrogen and oxygen atoms in total. The smallest absolute Gasteiger partial charge is 0.350 e. The molecule has 4 rings (SSSR count). The molecule has 0 aliphatic rings. The lowest BCUT2D eigenvalue weighted by Crippen LogP contribution is -2.05. The van der Waals surface area contributed by atoms with Gasteiger partial charge in [-0.2, -0.15) is 13.2 Å². The largest absolute Gasteiger partial charge is 0.416 e. The van der Waals surface area contributed by atoms with E-state index in [2.05, 4.69) is 20.4 Å². The lowest BCUT2D eigenvalue weighted by molar-refractivity contribution is -0.137. The molecule has 0 saturated carbocycles. The molecule has 4 aromatic rings. The van der Waals surface area contributed by atoms with Gasteiger partial charge >= 0.3 is 6.18 Å². The second-order valence-electron chi connectivity index (χ2n) is 5.50. The van der Waals surface area contributed by atoms with E-state index in [1.807, 2.05) is 30.3 Å².